The minimum absolute atomic E-state index is 0.0453. The summed E-state index contributed by atoms with van der Waals surface area (Å²) < 4.78 is 31.0. The largest absolute Gasteiger partial charge is 0.462 e. The summed E-state index contributed by atoms with van der Waals surface area (Å²) in [5.74, 6) is -2.14. The van der Waals surface area contributed by atoms with Crippen LogP contribution in [0.1, 0.15) is 76.7 Å². The van der Waals surface area contributed by atoms with E-state index in [1.54, 1.807) is 0 Å². The van der Waals surface area contributed by atoms with Gasteiger partial charge >= 0.3 is 17.9 Å². The smallest absolute Gasteiger partial charge is 0.339 e. The van der Waals surface area contributed by atoms with E-state index in [-0.39, 0.29) is 30.3 Å². The summed E-state index contributed by atoms with van der Waals surface area (Å²) in [6.07, 6.45) is -2.15. The molecule has 5 heterocycles. The van der Waals surface area contributed by atoms with Crippen molar-refractivity contribution in [3.8, 4) is 0 Å². The normalized spacial score (nSPS) is 42.7. The molecule has 0 N–H and O–H groups in total. The summed E-state index contributed by atoms with van der Waals surface area (Å²) >= 11 is 0. The van der Waals surface area contributed by atoms with Gasteiger partial charge in [0.2, 0.25) is 6.29 Å². The Labute approximate surface area is 228 Å². The zero-order valence-corrected chi connectivity index (χ0v) is 24.0. The van der Waals surface area contributed by atoms with Crippen LogP contribution in [0.5, 0.6) is 0 Å². The molecule has 1 aromatic rings. The number of aryl methyl sites for hydroxylation is 3. The molecule has 10 heteroatoms. The molecule has 0 amide bonds. The minimum Gasteiger partial charge on any atom is -0.462 e. The molecule has 6 rings (SSSR count). The predicted octanol–water partition coefficient (Wildman–Crippen LogP) is 3.26. The minimum atomic E-state index is -1.51. The highest BCUT2D eigenvalue weighted by atomic mass is 16.7. The molecule has 5 unspecified atom stereocenters. The van der Waals surface area contributed by atoms with Crippen LogP contribution in [-0.2, 0) is 44.7 Å². The number of aromatic nitrogens is 2. The Morgan fingerprint density at radius 1 is 1.00 bits per heavy atom. The second-order valence-electron chi connectivity index (χ2n) is 13.4. The van der Waals surface area contributed by atoms with Gasteiger partial charge in [0.05, 0.1) is 47.3 Å². The van der Waals surface area contributed by atoms with Crippen LogP contribution in [0, 0.1) is 48.9 Å². The van der Waals surface area contributed by atoms with E-state index in [9.17, 15) is 14.4 Å². The molecule has 39 heavy (non-hydrogen) atoms. The van der Waals surface area contributed by atoms with Gasteiger partial charge in [0.25, 0.3) is 0 Å². The first-order valence-corrected chi connectivity index (χ1v) is 13.9. The molecule has 5 fully saturated rings. The van der Waals surface area contributed by atoms with Gasteiger partial charge in [-0.05, 0) is 51.9 Å². The van der Waals surface area contributed by atoms with Crippen LogP contribution in [0.3, 0.4) is 0 Å². The summed E-state index contributed by atoms with van der Waals surface area (Å²) in [5.41, 5.74) is -0.881. The molecule has 2 bridgehead atoms. The van der Waals surface area contributed by atoms with E-state index in [2.05, 4.69) is 30.7 Å². The molecule has 4 aliphatic heterocycles. The average molecular weight is 543 g/mol. The Morgan fingerprint density at radius 3 is 2.38 bits per heavy atom. The van der Waals surface area contributed by atoms with Crippen molar-refractivity contribution in [2.45, 2.75) is 111 Å². The number of rotatable bonds is 3. The lowest BCUT2D eigenvalue weighted by atomic mass is 9.46. The molecule has 0 radical (unpaired) electrons. The van der Waals surface area contributed by atoms with Crippen molar-refractivity contribution in [3.05, 3.63) is 22.8 Å². The predicted molar refractivity (Wildman–Crippen MR) is 135 cm³/mol. The third-order valence-corrected chi connectivity index (χ3v) is 10.3. The molecule has 1 aromatic heterocycles. The topological polar surface area (TPSA) is 123 Å². The van der Waals surface area contributed by atoms with Gasteiger partial charge in [-0.25, -0.2) is 9.59 Å². The Morgan fingerprint density at radius 2 is 1.69 bits per heavy atom. The van der Waals surface area contributed by atoms with Crippen LogP contribution < -0.4 is 0 Å². The van der Waals surface area contributed by atoms with Crippen molar-refractivity contribution in [2.75, 3.05) is 0 Å². The number of carbonyl (C=O) groups is 3. The Balaban J connectivity index is 1.53. The van der Waals surface area contributed by atoms with Crippen molar-refractivity contribution >= 4 is 17.9 Å². The summed E-state index contributed by atoms with van der Waals surface area (Å²) in [6.45, 7) is 15.9. The summed E-state index contributed by atoms with van der Waals surface area (Å²) in [5, 5.41) is 0. The highest BCUT2D eigenvalue weighted by molar-refractivity contribution is 5.88. The Bertz CT molecular complexity index is 1270. The molecule has 0 aromatic carbocycles. The lowest BCUT2D eigenvalue weighted by Gasteiger charge is -2.55. The maximum absolute atomic E-state index is 14.0. The number of carbonyl (C=O) groups excluding carboxylic acids is 3. The van der Waals surface area contributed by atoms with Gasteiger partial charge in [0.1, 0.15) is 6.10 Å². The van der Waals surface area contributed by atoms with E-state index < -0.39 is 58.9 Å². The summed E-state index contributed by atoms with van der Waals surface area (Å²) in [6, 6.07) is 0. The summed E-state index contributed by atoms with van der Waals surface area (Å²) in [7, 11) is 0. The number of fused-ring (bicyclic) bond motifs is 1. The molecule has 1 saturated carbocycles. The number of ether oxygens (including phenoxy) is 5. The van der Waals surface area contributed by atoms with Gasteiger partial charge in [-0.3, -0.25) is 14.8 Å². The molecular formula is C29H38N2O8. The van der Waals surface area contributed by atoms with Gasteiger partial charge in [-0.1, -0.05) is 27.7 Å². The average Bonchev–Trinajstić information content (AvgIpc) is 3.45. The lowest BCUT2D eigenvalue weighted by Crippen LogP contribution is -2.65. The highest BCUT2D eigenvalue weighted by Crippen LogP contribution is 2.77. The van der Waals surface area contributed by atoms with Crippen LogP contribution in [-0.4, -0.2) is 58.1 Å². The van der Waals surface area contributed by atoms with Gasteiger partial charge in [0, 0.05) is 11.3 Å². The van der Waals surface area contributed by atoms with Gasteiger partial charge in [-0.2, -0.15) is 0 Å². The van der Waals surface area contributed by atoms with E-state index in [1.807, 2.05) is 34.6 Å². The molecule has 1 aliphatic carbocycles. The third-order valence-electron chi connectivity index (χ3n) is 10.3. The van der Waals surface area contributed by atoms with Gasteiger partial charge in [-0.15, -0.1) is 0 Å². The number of nitrogens with zero attached hydrogens (tertiary/aromatic N) is 2. The van der Waals surface area contributed by atoms with Crippen molar-refractivity contribution in [2.24, 2.45) is 28.1 Å². The first kappa shape index (κ1) is 26.6. The molecule has 5 aliphatic rings. The fraction of sp³-hybridized carbons (Fsp3) is 0.759. The van der Waals surface area contributed by atoms with Crippen LogP contribution in [0.15, 0.2) is 0 Å². The quantitative estimate of drug-likeness (QED) is 0.415. The molecule has 9 atom stereocenters. The number of hydrogen-bond acceptors (Lipinski definition) is 10. The standard InChI is InChI=1S/C29H38N2O8/c1-13-9-20(26(5,6)7)28-22(35-12-18-16(4)30-14(2)15(3)31-18)23(33)38-25(28)39-29(24(34)36-13)17-10-21(32)37-19(17)11-27(28,29)8/h13,17,19-20,22,25H,9-12H2,1-8H3/t13?,17?,19?,20-,22-,25-,27?,28?,29+/m0/s1. The fourth-order valence-corrected chi connectivity index (χ4v) is 8.64. The molecule has 4 saturated heterocycles. The first-order valence-electron chi connectivity index (χ1n) is 13.9. The van der Waals surface area contributed by atoms with E-state index in [1.165, 1.54) is 0 Å². The number of hydrogen-bond donors (Lipinski definition) is 0. The van der Waals surface area contributed by atoms with Crippen LogP contribution in [0.2, 0.25) is 0 Å². The van der Waals surface area contributed by atoms with Crippen molar-refractivity contribution in [3.63, 3.8) is 0 Å². The van der Waals surface area contributed by atoms with E-state index in [0.29, 0.717) is 18.5 Å². The van der Waals surface area contributed by atoms with Crippen LogP contribution in [0.25, 0.3) is 0 Å². The molecule has 1 spiro atoms. The van der Waals surface area contributed by atoms with Crippen LogP contribution >= 0.6 is 0 Å². The van der Waals surface area contributed by atoms with Crippen molar-refractivity contribution in [1.29, 1.82) is 0 Å². The fourth-order valence-electron chi connectivity index (χ4n) is 8.64. The van der Waals surface area contributed by atoms with E-state index in [4.69, 9.17) is 23.7 Å². The van der Waals surface area contributed by atoms with Crippen LogP contribution in [0.4, 0.5) is 0 Å². The van der Waals surface area contributed by atoms with Crippen molar-refractivity contribution < 1.29 is 38.1 Å². The van der Waals surface area contributed by atoms with Crippen molar-refractivity contribution in [1.82, 2.24) is 9.97 Å². The zero-order valence-electron chi connectivity index (χ0n) is 24.0. The molecular weight excluding hydrogens is 504 g/mol. The maximum Gasteiger partial charge on any atom is 0.339 e. The van der Waals surface area contributed by atoms with E-state index in [0.717, 1.165) is 17.1 Å². The monoisotopic (exact) mass is 542 g/mol. The third kappa shape index (κ3) is 3.24. The lowest BCUT2D eigenvalue weighted by molar-refractivity contribution is -0.215. The second kappa shape index (κ2) is 8.22. The maximum atomic E-state index is 14.0. The molecule has 10 nitrogen and oxygen atoms in total. The zero-order chi connectivity index (χ0) is 28.3. The first-order chi connectivity index (χ1) is 18.2. The van der Waals surface area contributed by atoms with Gasteiger partial charge in [0.15, 0.2) is 11.7 Å². The second-order valence-corrected chi connectivity index (χ2v) is 13.4. The number of cyclic esters (lactones) is 1. The SMILES string of the molecule is Cc1nc(C)c(CO[C@H]2C(=O)O[C@H]3O[C@]45C(=O)OC(C)C[C@@H](C(C)(C)C)C32C4(C)CC2OC(=O)CC25)nc1C. The Kier molecular flexibility index (Phi) is 5.61. The Hall–Kier alpha value is -2.59. The van der Waals surface area contributed by atoms with Gasteiger partial charge < -0.3 is 23.7 Å². The highest BCUT2D eigenvalue weighted by Gasteiger charge is 2.89. The van der Waals surface area contributed by atoms with E-state index >= 15 is 0 Å². The summed E-state index contributed by atoms with van der Waals surface area (Å²) in [4.78, 5) is 49.4. The number of esters is 3. The molecule has 212 valence electrons.